The van der Waals surface area contributed by atoms with E-state index in [2.05, 4.69) is 5.32 Å². The minimum Gasteiger partial charge on any atom is -0.354 e. The molecule has 6 fully saturated rings. The Hall–Kier alpha value is -1.59. The molecule has 1 aliphatic heterocycles. The molecule has 154 valence electrons. The molecule has 0 aromatic heterocycles. The molecule has 5 saturated carbocycles. The van der Waals surface area contributed by atoms with Crippen LogP contribution in [0.15, 0.2) is 0 Å². The number of carbonyl (C=O) groups is 3. The Morgan fingerprint density at radius 1 is 1.00 bits per heavy atom. The minimum absolute atomic E-state index is 0.129. The Labute approximate surface area is 167 Å². The molecule has 0 radical (unpaired) electrons. The smallest absolute Gasteiger partial charge is 0.327 e. The summed E-state index contributed by atoms with van der Waals surface area (Å²) < 4.78 is 0. The highest BCUT2D eigenvalue weighted by Crippen LogP contribution is 2.59. The normalized spacial score (nSPS) is 38.5. The molecule has 6 rings (SSSR count). The molecule has 0 aromatic rings. The molecule has 0 unspecified atom stereocenters. The molecule has 4 amide bonds. The number of imide groups is 1. The summed E-state index contributed by atoms with van der Waals surface area (Å²) in [4.78, 5) is 41.2. The second kappa shape index (κ2) is 6.46. The molecule has 6 nitrogen and oxygen atoms in total. The third-order valence-corrected chi connectivity index (χ3v) is 8.61. The van der Waals surface area contributed by atoms with Crippen LogP contribution in [0.1, 0.15) is 70.6 Å². The Kier molecular flexibility index (Phi) is 4.25. The summed E-state index contributed by atoms with van der Waals surface area (Å²) in [5.41, 5.74) is -0.430. The lowest BCUT2D eigenvalue weighted by atomic mass is 9.49. The third kappa shape index (κ3) is 2.78. The van der Waals surface area contributed by atoms with Crippen LogP contribution >= 0.6 is 0 Å². The van der Waals surface area contributed by atoms with Gasteiger partial charge in [-0.1, -0.05) is 19.3 Å². The second-order valence-electron chi connectivity index (χ2n) is 10.5. The van der Waals surface area contributed by atoms with Gasteiger partial charge in [0.1, 0.15) is 12.1 Å². The fourth-order valence-electron chi connectivity index (χ4n) is 7.66. The molecular weight excluding hydrogens is 354 g/mol. The van der Waals surface area contributed by atoms with E-state index in [0.717, 1.165) is 49.9 Å². The number of likely N-dealkylation sites (N-methyl/N-ethyl adjacent to an activating group) is 1. The van der Waals surface area contributed by atoms with Gasteiger partial charge in [-0.2, -0.15) is 0 Å². The molecule has 28 heavy (non-hydrogen) atoms. The predicted molar refractivity (Wildman–Crippen MR) is 104 cm³/mol. The number of hydrogen-bond acceptors (Lipinski definition) is 3. The lowest BCUT2D eigenvalue weighted by Gasteiger charge is -2.56. The first-order chi connectivity index (χ1) is 13.4. The average Bonchev–Trinajstić information content (AvgIpc) is 2.83. The zero-order valence-corrected chi connectivity index (χ0v) is 17.0. The van der Waals surface area contributed by atoms with E-state index in [1.807, 2.05) is 0 Å². The van der Waals surface area contributed by atoms with Crippen LogP contribution in [0.25, 0.3) is 0 Å². The van der Waals surface area contributed by atoms with Crippen molar-refractivity contribution in [2.24, 2.45) is 23.2 Å². The summed E-state index contributed by atoms with van der Waals surface area (Å²) in [6.45, 7) is 0.586. The van der Waals surface area contributed by atoms with Gasteiger partial charge in [0.25, 0.3) is 5.91 Å². The number of urea groups is 1. The van der Waals surface area contributed by atoms with Crippen molar-refractivity contribution in [1.29, 1.82) is 0 Å². The first-order valence-electron chi connectivity index (χ1n) is 11.3. The lowest BCUT2D eigenvalue weighted by molar-refractivity contribution is -0.137. The van der Waals surface area contributed by atoms with Gasteiger partial charge in [-0.25, -0.2) is 4.79 Å². The summed E-state index contributed by atoms with van der Waals surface area (Å²) in [7, 11) is 1.72. The van der Waals surface area contributed by atoms with Crippen molar-refractivity contribution >= 4 is 17.8 Å². The van der Waals surface area contributed by atoms with E-state index in [1.165, 1.54) is 43.4 Å². The van der Waals surface area contributed by atoms with E-state index in [4.69, 9.17) is 0 Å². The number of rotatable bonds is 4. The maximum absolute atomic E-state index is 13.0. The first-order valence-corrected chi connectivity index (χ1v) is 11.3. The highest BCUT2D eigenvalue weighted by Gasteiger charge is 2.56. The van der Waals surface area contributed by atoms with Crippen LogP contribution in [-0.4, -0.2) is 53.3 Å². The van der Waals surface area contributed by atoms with Crippen LogP contribution in [0.5, 0.6) is 0 Å². The van der Waals surface area contributed by atoms with Gasteiger partial charge in [-0.3, -0.25) is 14.5 Å². The van der Waals surface area contributed by atoms with Gasteiger partial charge in [0.05, 0.1) is 0 Å². The van der Waals surface area contributed by atoms with Crippen molar-refractivity contribution in [2.75, 3.05) is 20.1 Å². The van der Waals surface area contributed by atoms with Crippen LogP contribution in [0, 0.1) is 23.2 Å². The Balaban J connectivity index is 1.21. The van der Waals surface area contributed by atoms with Crippen LogP contribution in [0.4, 0.5) is 4.79 Å². The zero-order valence-electron chi connectivity index (χ0n) is 17.0. The second-order valence-corrected chi connectivity index (χ2v) is 10.5. The van der Waals surface area contributed by atoms with Crippen molar-refractivity contribution in [3.8, 4) is 0 Å². The Bertz CT molecular complexity index is 662. The number of carbonyl (C=O) groups excluding carboxylic acids is 3. The molecule has 1 spiro atoms. The van der Waals surface area contributed by atoms with Gasteiger partial charge in [0.15, 0.2) is 0 Å². The van der Waals surface area contributed by atoms with Crippen LogP contribution < -0.4 is 5.32 Å². The summed E-state index contributed by atoms with van der Waals surface area (Å²) in [5, 5.41) is 3.11. The van der Waals surface area contributed by atoms with Crippen molar-refractivity contribution in [3.05, 3.63) is 0 Å². The van der Waals surface area contributed by atoms with E-state index in [0.29, 0.717) is 6.54 Å². The van der Waals surface area contributed by atoms with Crippen molar-refractivity contribution < 1.29 is 14.4 Å². The Morgan fingerprint density at radius 3 is 2.14 bits per heavy atom. The summed E-state index contributed by atoms with van der Waals surface area (Å²) >= 11 is 0. The first kappa shape index (κ1) is 18.4. The van der Waals surface area contributed by atoms with E-state index < -0.39 is 5.54 Å². The molecular formula is C22H33N3O3. The van der Waals surface area contributed by atoms with Crippen LogP contribution in [0.2, 0.25) is 0 Å². The monoisotopic (exact) mass is 387 g/mol. The van der Waals surface area contributed by atoms with E-state index in [9.17, 15) is 14.4 Å². The van der Waals surface area contributed by atoms with Gasteiger partial charge in [0, 0.05) is 13.6 Å². The van der Waals surface area contributed by atoms with Gasteiger partial charge < -0.3 is 10.2 Å². The molecule has 5 aliphatic carbocycles. The fourth-order valence-corrected chi connectivity index (χ4v) is 7.66. The van der Waals surface area contributed by atoms with Crippen molar-refractivity contribution in [2.45, 2.75) is 76.2 Å². The number of nitrogens with one attached hydrogen (secondary N) is 1. The van der Waals surface area contributed by atoms with E-state index in [-0.39, 0.29) is 29.8 Å². The van der Waals surface area contributed by atoms with Gasteiger partial charge in [-0.05, 0) is 74.5 Å². The molecule has 1 saturated heterocycles. The fraction of sp³-hybridized carbons (Fsp3) is 0.864. The highest BCUT2D eigenvalue weighted by molar-refractivity contribution is 6.08. The number of nitrogens with zero attached hydrogens (tertiary/aromatic N) is 2. The van der Waals surface area contributed by atoms with Crippen molar-refractivity contribution in [3.63, 3.8) is 0 Å². The minimum atomic E-state index is -0.699. The lowest BCUT2D eigenvalue weighted by Crippen LogP contribution is -2.52. The molecule has 1 heterocycles. The quantitative estimate of drug-likeness (QED) is 0.754. The summed E-state index contributed by atoms with van der Waals surface area (Å²) in [6, 6.07) is -0.308. The van der Waals surface area contributed by atoms with Gasteiger partial charge in [-0.15, -0.1) is 0 Å². The predicted octanol–water partition coefficient (Wildman–Crippen LogP) is 2.92. The molecule has 0 atom stereocenters. The topological polar surface area (TPSA) is 69.7 Å². The number of amides is 4. The molecule has 6 aliphatic rings. The SMILES string of the molecule is CN1C(=O)N(CC(=O)NCC23CC4CC(CC(C4)C2)C3)C(=O)C12CCCCC2. The maximum atomic E-state index is 13.0. The average molecular weight is 388 g/mol. The molecule has 0 aromatic carbocycles. The van der Waals surface area contributed by atoms with Gasteiger partial charge >= 0.3 is 6.03 Å². The van der Waals surface area contributed by atoms with Crippen molar-refractivity contribution in [1.82, 2.24) is 15.1 Å². The molecule has 4 bridgehead atoms. The van der Waals surface area contributed by atoms with Gasteiger partial charge in [0.2, 0.25) is 5.91 Å². The van der Waals surface area contributed by atoms with E-state index in [1.54, 1.807) is 11.9 Å². The zero-order chi connectivity index (χ0) is 19.5. The third-order valence-electron chi connectivity index (χ3n) is 8.61. The summed E-state index contributed by atoms with van der Waals surface area (Å²) in [5.74, 6) is 2.21. The molecule has 1 N–H and O–H groups in total. The maximum Gasteiger partial charge on any atom is 0.327 e. The van der Waals surface area contributed by atoms with Crippen LogP contribution in [0.3, 0.4) is 0 Å². The largest absolute Gasteiger partial charge is 0.354 e. The Morgan fingerprint density at radius 2 is 1.57 bits per heavy atom. The van der Waals surface area contributed by atoms with E-state index >= 15 is 0 Å². The highest BCUT2D eigenvalue weighted by atomic mass is 16.2. The van der Waals surface area contributed by atoms with Crippen LogP contribution in [-0.2, 0) is 9.59 Å². The molecule has 6 heteroatoms. The number of hydrogen-bond donors (Lipinski definition) is 1. The standard InChI is InChI=1S/C22H33N3O3/c1-24-20(28)25(19(27)22(24)5-3-2-4-6-22)13-18(26)23-14-21-10-15-7-16(11-21)9-17(8-15)12-21/h15-17H,2-14H2,1H3,(H,23,26). The summed E-state index contributed by atoms with van der Waals surface area (Å²) in [6.07, 6.45) is 12.4.